The van der Waals surface area contributed by atoms with Crippen molar-refractivity contribution >= 4 is 12.0 Å². The maximum atomic E-state index is 11.5. The molecule has 0 aliphatic heterocycles. The second-order valence-electron chi connectivity index (χ2n) is 4.09. The van der Waals surface area contributed by atoms with Gasteiger partial charge in [-0.2, -0.15) is 0 Å². The van der Waals surface area contributed by atoms with E-state index in [0.29, 0.717) is 19.5 Å². The Morgan fingerprint density at radius 3 is 2.90 bits per heavy atom. The average Bonchev–Trinajstić information content (AvgIpc) is 2.92. The van der Waals surface area contributed by atoms with Gasteiger partial charge in [0.25, 0.3) is 0 Å². The van der Waals surface area contributed by atoms with Gasteiger partial charge in [0.05, 0.1) is 6.20 Å². The third kappa shape index (κ3) is 6.14. The molecule has 0 fully saturated rings. The number of hydrogen-bond donors (Lipinski definition) is 3. The number of aromatic nitrogens is 3. The zero-order valence-corrected chi connectivity index (χ0v) is 11.3. The Morgan fingerprint density at radius 2 is 2.30 bits per heavy atom. The fourth-order valence-electron chi connectivity index (χ4n) is 1.50. The van der Waals surface area contributed by atoms with E-state index in [1.54, 1.807) is 17.1 Å². The van der Waals surface area contributed by atoms with E-state index >= 15 is 0 Å². The first-order valence-electron chi connectivity index (χ1n) is 6.23. The predicted octanol–water partition coefficient (Wildman–Crippen LogP) is -0.543. The van der Waals surface area contributed by atoms with Crippen LogP contribution in [-0.2, 0) is 16.1 Å². The molecule has 112 valence electrons. The number of urea groups is 1. The number of aliphatic carboxylic acids is 1. The topological polar surface area (TPSA) is 118 Å². The lowest BCUT2D eigenvalue weighted by Crippen LogP contribution is -2.46. The molecule has 9 heteroatoms. The summed E-state index contributed by atoms with van der Waals surface area (Å²) in [5.41, 5.74) is 0. The van der Waals surface area contributed by atoms with Crippen molar-refractivity contribution in [1.82, 2.24) is 25.6 Å². The van der Waals surface area contributed by atoms with Crippen LogP contribution in [0.2, 0.25) is 0 Å². The number of ether oxygens (including phenoxy) is 1. The van der Waals surface area contributed by atoms with E-state index in [1.807, 2.05) is 0 Å². The summed E-state index contributed by atoms with van der Waals surface area (Å²) in [6.07, 6.45) is 4.20. The number of carbonyl (C=O) groups is 2. The SMILES string of the molecule is COCCC(NC(=O)NCCCn1ccnn1)C(=O)O. The van der Waals surface area contributed by atoms with Gasteiger partial charge in [0.1, 0.15) is 6.04 Å². The number of rotatable bonds is 9. The standard InChI is InChI=1S/C11H19N5O4/c1-20-8-3-9(10(17)18)14-11(19)12-4-2-6-16-7-5-13-15-16/h5,7,9H,2-4,6,8H2,1H3,(H,17,18)(H2,12,14,19). The van der Waals surface area contributed by atoms with E-state index in [2.05, 4.69) is 20.9 Å². The monoisotopic (exact) mass is 285 g/mol. The molecule has 0 bridgehead atoms. The zero-order chi connectivity index (χ0) is 14.8. The summed E-state index contributed by atoms with van der Waals surface area (Å²) >= 11 is 0. The molecule has 1 atom stereocenters. The number of carbonyl (C=O) groups excluding carboxylic acids is 1. The molecule has 0 spiro atoms. The fraction of sp³-hybridized carbons (Fsp3) is 0.636. The number of hydrogen-bond acceptors (Lipinski definition) is 5. The molecule has 0 aliphatic carbocycles. The molecule has 0 radical (unpaired) electrons. The number of aryl methyl sites for hydroxylation is 1. The normalized spacial score (nSPS) is 11.8. The van der Waals surface area contributed by atoms with Gasteiger partial charge >= 0.3 is 12.0 Å². The highest BCUT2D eigenvalue weighted by Crippen LogP contribution is 1.93. The highest BCUT2D eigenvalue weighted by molar-refractivity contribution is 5.82. The van der Waals surface area contributed by atoms with Crippen LogP contribution in [0.4, 0.5) is 4.79 Å². The molecule has 0 aromatic carbocycles. The van der Waals surface area contributed by atoms with Crippen molar-refractivity contribution in [2.24, 2.45) is 0 Å². The van der Waals surface area contributed by atoms with Crippen LogP contribution in [0.25, 0.3) is 0 Å². The average molecular weight is 285 g/mol. The van der Waals surface area contributed by atoms with E-state index in [-0.39, 0.29) is 13.0 Å². The van der Waals surface area contributed by atoms with Crippen molar-refractivity contribution in [3.05, 3.63) is 12.4 Å². The van der Waals surface area contributed by atoms with Gasteiger partial charge in [-0.1, -0.05) is 5.21 Å². The smallest absolute Gasteiger partial charge is 0.326 e. The molecule has 0 aliphatic rings. The third-order valence-corrected chi connectivity index (χ3v) is 2.54. The minimum absolute atomic E-state index is 0.220. The summed E-state index contributed by atoms with van der Waals surface area (Å²) in [5.74, 6) is -1.08. The zero-order valence-electron chi connectivity index (χ0n) is 11.3. The summed E-state index contributed by atoms with van der Waals surface area (Å²) in [7, 11) is 1.48. The van der Waals surface area contributed by atoms with E-state index in [9.17, 15) is 9.59 Å². The van der Waals surface area contributed by atoms with Crippen LogP contribution in [0.3, 0.4) is 0 Å². The number of carboxylic acid groups (broad SMARTS) is 1. The highest BCUT2D eigenvalue weighted by Gasteiger charge is 2.18. The second kappa shape index (κ2) is 8.86. The molecule has 1 unspecified atom stereocenters. The van der Waals surface area contributed by atoms with Crippen LogP contribution in [0.5, 0.6) is 0 Å². The second-order valence-corrected chi connectivity index (χ2v) is 4.09. The van der Waals surface area contributed by atoms with Gasteiger partial charge in [-0.05, 0) is 6.42 Å². The van der Waals surface area contributed by atoms with E-state index in [0.717, 1.165) is 0 Å². The first-order chi connectivity index (χ1) is 9.63. The lowest BCUT2D eigenvalue weighted by atomic mass is 10.2. The predicted molar refractivity (Wildman–Crippen MR) is 69.1 cm³/mol. The molecule has 1 aromatic heterocycles. The summed E-state index contributed by atoms with van der Waals surface area (Å²) in [4.78, 5) is 22.4. The lowest BCUT2D eigenvalue weighted by molar-refractivity contribution is -0.139. The van der Waals surface area contributed by atoms with Gasteiger partial charge < -0.3 is 20.5 Å². The van der Waals surface area contributed by atoms with Crippen LogP contribution in [-0.4, -0.2) is 58.4 Å². The molecule has 1 aromatic rings. The number of methoxy groups -OCH3 is 1. The molecule has 20 heavy (non-hydrogen) atoms. The highest BCUT2D eigenvalue weighted by atomic mass is 16.5. The maximum Gasteiger partial charge on any atom is 0.326 e. The molecular formula is C11H19N5O4. The molecule has 1 rings (SSSR count). The fourth-order valence-corrected chi connectivity index (χ4v) is 1.50. The van der Waals surface area contributed by atoms with Crippen molar-refractivity contribution in [1.29, 1.82) is 0 Å². The van der Waals surface area contributed by atoms with Gasteiger partial charge in [0.2, 0.25) is 0 Å². The quantitative estimate of drug-likeness (QED) is 0.524. The first kappa shape index (κ1) is 15.9. The Hall–Kier alpha value is -2.16. The van der Waals surface area contributed by atoms with Crippen molar-refractivity contribution in [2.75, 3.05) is 20.3 Å². The van der Waals surface area contributed by atoms with Crippen molar-refractivity contribution < 1.29 is 19.4 Å². The van der Waals surface area contributed by atoms with E-state index in [1.165, 1.54) is 7.11 Å². The molecule has 1 heterocycles. The lowest BCUT2D eigenvalue weighted by Gasteiger charge is -2.14. The molecular weight excluding hydrogens is 266 g/mol. The van der Waals surface area contributed by atoms with Crippen LogP contribution in [0, 0.1) is 0 Å². The van der Waals surface area contributed by atoms with Crippen molar-refractivity contribution in [3.63, 3.8) is 0 Å². The molecule has 9 nitrogen and oxygen atoms in total. The Morgan fingerprint density at radius 1 is 1.50 bits per heavy atom. The number of nitrogens with one attached hydrogen (secondary N) is 2. The maximum absolute atomic E-state index is 11.5. The molecule has 2 amide bonds. The minimum atomic E-state index is -1.08. The largest absolute Gasteiger partial charge is 0.480 e. The van der Waals surface area contributed by atoms with Crippen LogP contribution in [0.15, 0.2) is 12.4 Å². The van der Waals surface area contributed by atoms with Gasteiger partial charge in [0, 0.05) is 39.4 Å². The summed E-state index contributed by atoms with van der Waals surface area (Å²) < 4.78 is 6.44. The Labute approximate surface area is 116 Å². The number of nitrogens with zero attached hydrogens (tertiary/aromatic N) is 3. The van der Waals surface area contributed by atoms with E-state index < -0.39 is 18.0 Å². The molecule has 0 saturated heterocycles. The number of carboxylic acids is 1. The summed E-state index contributed by atoms with van der Waals surface area (Å²) in [5, 5.41) is 21.3. The summed E-state index contributed by atoms with van der Waals surface area (Å²) in [6, 6.07) is -1.46. The van der Waals surface area contributed by atoms with E-state index in [4.69, 9.17) is 9.84 Å². The van der Waals surface area contributed by atoms with Crippen molar-refractivity contribution in [3.8, 4) is 0 Å². The van der Waals surface area contributed by atoms with Crippen LogP contribution in [0.1, 0.15) is 12.8 Å². The summed E-state index contributed by atoms with van der Waals surface area (Å²) in [6.45, 7) is 1.32. The van der Waals surface area contributed by atoms with Crippen LogP contribution >= 0.6 is 0 Å². The van der Waals surface area contributed by atoms with Gasteiger partial charge in [-0.25, -0.2) is 9.59 Å². The van der Waals surface area contributed by atoms with Crippen molar-refractivity contribution in [2.45, 2.75) is 25.4 Å². The number of amides is 2. The Bertz CT molecular complexity index is 409. The first-order valence-corrected chi connectivity index (χ1v) is 6.23. The van der Waals surface area contributed by atoms with Gasteiger partial charge in [-0.15, -0.1) is 5.10 Å². The molecule has 3 N–H and O–H groups in total. The van der Waals surface area contributed by atoms with Gasteiger partial charge in [0.15, 0.2) is 0 Å². The Kier molecular flexibility index (Phi) is 7.04. The van der Waals surface area contributed by atoms with Gasteiger partial charge in [-0.3, -0.25) is 4.68 Å². The Balaban J connectivity index is 2.18. The third-order valence-electron chi connectivity index (χ3n) is 2.54. The minimum Gasteiger partial charge on any atom is -0.480 e. The molecule has 0 saturated carbocycles. The van der Waals surface area contributed by atoms with Crippen LogP contribution < -0.4 is 10.6 Å².